The predicted molar refractivity (Wildman–Crippen MR) is 71.8 cm³/mol. The molecule has 6 nitrogen and oxygen atoms in total. The highest BCUT2D eigenvalue weighted by atomic mass is 16.5. The highest BCUT2D eigenvalue weighted by molar-refractivity contribution is 5.76. The minimum Gasteiger partial charge on any atom is -0.504 e. The van der Waals surface area contributed by atoms with Gasteiger partial charge in [0.15, 0.2) is 11.5 Å². The summed E-state index contributed by atoms with van der Waals surface area (Å²) >= 11 is 0. The number of phenols is 1. The SMILES string of the molecule is COc1cc(C(C(=O)O)N2CCC(O)CC2)ccc1O. The van der Waals surface area contributed by atoms with E-state index in [1.54, 1.807) is 12.1 Å². The van der Waals surface area contributed by atoms with E-state index >= 15 is 0 Å². The topological polar surface area (TPSA) is 90.2 Å². The van der Waals surface area contributed by atoms with Crippen LogP contribution in [-0.4, -0.2) is 52.5 Å². The van der Waals surface area contributed by atoms with Gasteiger partial charge in [0.2, 0.25) is 0 Å². The second-order valence-electron chi connectivity index (χ2n) is 4.94. The number of carboxylic acids is 1. The molecule has 1 aliphatic heterocycles. The molecular formula is C14H19NO5. The Labute approximate surface area is 117 Å². The summed E-state index contributed by atoms with van der Waals surface area (Å²) in [5.41, 5.74) is 0.559. The van der Waals surface area contributed by atoms with Gasteiger partial charge in [-0.25, -0.2) is 0 Å². The molecular weight excluding hydrogens is 262 g/mol. The number of aromatic hydroxyl groups is 1. The van der Waals surface area contributed by atoms with Crippen molar-refractivity contribution in [2.45, 2.75) is 25.0 Å². The first-order chi connectivity index (χ1) is 9.52. The smallest absolute Gasteiger partial charge is 0.325 e. The molecule has 0 aromatic heterocycles. The molecule has 0 radical (unpaired) electrons. The molecule has 0 spiro atoms. The van der Waals surface area contributed by atoms with E-state index in [9.17, 15) is 20.1 Å². The van der Waals surface area contributed by atoms with Gasteiger partial charge in [-0.3, -0.25) is 9.69 Å². The highest BCUT2D eigenvalue weighted by Crippen LogP contribution is 2.32. The maximum Gasteiger partial charge on any atom is 0.325 e. The Morgan fingerprint density at radius 2 is 2.05 bits per heavy atom. The van der Waals surface area contributed by atoms with Crippen LogP contribution in [-0.2, 0) is 4.79 Å². The van der Waals surface area contributed by atoms with Gasteiger partial charge < -0.3 is 20.1 Å². The van der Waals surface area contributed by atoms with Crippen molar-refractivity contribution in [3.05, 3.63) is 23.8 Å². The van der Waals surface area contributed by atoms with Crippen LogP contribution in [0, 0.1) is 0 Å². The number of likely N-dealkylation sites (tertiary alicyclic amines) is 1. The lowest BCUT2D eigenvalue weighted by Gasteiger charge is -2.34. The van der Waals surface area contributed by atoms with Crippen molar-refractivity contribution in [1.29, 1.82) is 0 Å². The molecule has 1 aromatic rings. The van der Waals surface area contributed by atoms with E-state index in [1.165, 1.54) is 13.2 Å². The molecule has 2 rings (SSSR count). The number of carbonyl (C=O) groups is 1. The number of ether oxygens (including phenoxy) is 1. The summed E-state index contributed by atoms with van der Waals surface area (Å²) in [4.78, 5) is 13.4. The minimum atomic E-state index is -0.950. The summed E-state index contributed by atoms with van der Waals surface area (Å²) in [6, 6.07) is 3.76. The van der Waals surface area contributed by atoms with Gasteiger partial charge in [-0.15, -0.1) is 0 Å². The van der Waals surface area contributed by atoms with Crippen molar-refractivity contribution in [3.63, 3.8) is 0 Å². The molecule has 1 aliphatic rings. The lowest BCUT2D eigenvalue weighted by Crippen LogP contribution is -2.41. The lowest BCUT2D eigenvalue weighted by atomic mass is 10.00. The Hall–Kier alpha value is -1.79. The molecule has 1 unspecified atom stereocenters. The maximum absolute atomic E-state index is 11.6. The Bertz CT molecular complexity index is 482. The standard InChI is InChI=1S/C14H19NO5/c1-20-12-8-9(2-3-11(12)17)13(14(18)19)15-6-4-10(16)5-7-15/h2-3,8,10,13,16-17H,4-7H2,1H3,(H,18,19). The number of carboxylic acid groups (broad SMARTS) is 1. The van der Waals surface area contributed by atoms with Crippen LogP contribution in [0.2, 0.25) is 0 Å². The zero-order valence-corrected chi connectivity index (χ0v) is 11.3. The van der Waals surface area contributed by atoms with Gasteiger partial charge in [-0.05, 0) is 30.5 Å². The molecule has 0 saturated carbocycles. The number of piperidine rings is 1. The number of aliphatic hydroxyl groups excluding tert-OH is 1. The maximum atomic E-state index is 11.6. The number of phenolic OH excluding ortho intramolecular Hbond substituents is 1. The van der Waals surface area contributed by atoms with E-state index in [4.69, 9.17) is 4.74 Å². The molecule has 1 aromatic carbocycles. The molecule has 6 heteroatoms. The monoisotopic (exact) mass is 281 g/mol. The summed E-state index contributed by atoms with van der Waals surface area (Å²) in [6.07, 6.45) is 0.785. The largest absolute Gasteiger partial charge is 0.504 e. The first-order valence-electron chi connectivity index (χ1n) is 6.54. The second-order valence-corrected chi connectivity index (χ2v) is 4.94. The van der Waals surface area contributed by atoms with Crippen molar-refractivity contribution in [2.24, 2.45) is 0 Å². The quantitative estimate of drug-likeness (QED) is 0.762. The minimum absolute atomic E-state index is 0.0190. The molecule has 1 heterocycles. The normalized spacial score (nSPS) is 18.7. The van der Waals surface area contributed by atoms with Crippen LogP contribution in [0.3, 0.4) is 0 Å². The summed E-state index contributed by atoms with van der Waals surface area (Å²) in [6.45, 7) is 1.06. The predicted octanol–water partition coefficient (Wildman–Crippen LogP) is 0.983. The number of methoxy groups -OCH3 is 1. The van der Waals surface area contributed by atoms with Gasteiger partial charge in [0.25, 0.3) is 0 Å². The van der Waals surface area contributed by atoms with Crippen LogP contribution in [0.25, 0.3) is 0 Å². The van der Waals surface area contributed by atoms with Gasteiger partial charge in [0, 0.05) is 13.1 Å². The van der Waals surface area contributed by atoms with E-state index in [0.717, 1.165) is 0 Å². The van der Waals surface area contributed by atoms with Gasteiger partial charge in [-0.1, -0.05) is 6.07 Å². The molecule has 110 valence electrons. The lowest BCUT2D eigenvalue weighted by molar-refractivity contribution is -0.144. The average Bonchev–Trinajstić information content (AvgIpc) is 2.42. The molecule has 0 amide bonds. The first-order valence-corrected chi connectivity index (χ1v) is 6.54. The summed E-state index contributed by atoms with van der Waals surface area (Å²) < 4.78 is 5.02. The van der Waals surface area contributed by atoms with Gasteiger partial charge in [0.1, 0.15) is 6.04 Å². The van der Waals surface area contributed by atoms with Crippen LogP contribution in [0.1, 0.15) is 24.4 Å². The van der Waals surface area contributed by atoms with Crippen LogP contribution in [0.4, 0.5) is 0 Å². The first kappa shape index (κ1) is 14.6. The Morgan fingerprint density at radius 3 is 2.60 bits per heavy atom. The van der Waals surface area contributed by atoms with E-state index in [-0.39, 0.29) is 17.6 Å². The molecule has 1 atom stereocenters. The number of rotatable bonds is 4. The number of hydrogen-bond acceptors (Lipinski definition) is 5. The van der Waals surface area contributed by atoms with Crippen molar-refractivity contribution in [3.8, 4) is 11.5 Å². The van der Waals surface area contributed by atoms with E-state index in [1.807, 2.05) is 4.90 Å². The van der Waals surface area contributed by atoms with Crippen LogP contribution < -0.4 is 4.74 Å². The highest BCUT2D eigenvalue weighted by Gasteiger charge is 2.31. The Balaban J connectivity index is 2.26. The number of benzene rings is 1. The fourth-order valence-corrected chi connectivity index (χ4v) is 2.52. The van der Waals surface area contributed by atoms with Gasteiger partial charge in [-0.2, -0.15) is 0 Å². The van der Waals surface area contributed by atoms with E-state index in [0.29, 0.717) is 31.5 Å². The third kappa shape index (κ3) is 3.02. The molecule has 1 fully saturated rings. The van der Waals surface area contributed by atoms with Crippen molar-refractivity contribution in [1.82, 2.24) is 4.90 Å². The fraction of sp³-hybridized carbons (Fsp3) is 0.500. The van der Waals surface area contributed by atoms with E-state index in [2.05, 4.69) is 0 Å². The van der Waals surface area contributed by atoms with Crippen LogP contribution in [0.5, 0.6) is 11.5 Å². The molecule has 3 N–H and O–H groups in total. The molecule has 20 heavy (non-hydrogen) atoms. The Kier molecular flexibility index (Phi) is 4.46. The Morgan fingerprint density at radius 1 is 1.40 bits per heavy atom. The number of aliphatic hydroxyl groups is 1. The van der Waals surface area contributed by atoms with E-state index < -0.39 is 12.0 Å². The zero-order chi connectivity index (χ0) is 14.7. The van der Waals surface area contributed by atoms with Crippen molar-refractivity contribution in [2.75, 3.05) is 20.2 Å². The van der Waals surface area contributed by atoms with Gasteiger partial charge >= 0.3 is 5.97 Å². The second kappa shape index (κ2) is 6.11. The summed E-state index contributed by atoms with van der Waals surface area (Å²) in [5.74, 6) is -0.714. The molecule has 0 bridgehead atoms. The third-order valence-corrected chi connectivity index (χ3v) is 3.62. The summed E-state index contributed by atoms with van der Waals surface area (Å²) in [7, 11) is 1.42. The zero-order valence-electron chi connectivity index (χ0n) is 11.3. The number of aliphatic carboxylic acids is 1. The van der Waals surface area contributed by atoms with Crippen molar-refractivity contribution >= 4 is 5.97 Å². The molecule has 0 aliphatic carbocycles. The number of nitrogens with zero attached hydrogens (tertiary/aromatic N) is 1. The molecule has 1 saturated heterocycles. The number of hydrogen-bond donors (Lipinski definition) is 3. The summed E-state index contributed by atoms with van der Waals surface area (Å²) in [5, 5.41) is 28.6. The van der Waals surface area contributed by atoms with Crippen molar-refractivity contribution < 1.29 is 24.9 Å². The third-order valence-electron chi connectivity index (χ3n) is 3.62. The average molecular weight is 281 g/mol. The van der Waals surface area contributed by atoms with Gasteiger partial charge in [0.05, 0.1) is 13.2 Å². The van der Waals surface area contributed by atoms with Crippen LogP contribution >= 0.6 is 0 Å². The fourth-order valence-electron chi connectivity index (χ4n) is 2.52. The van der Waals surface area contributed by atoms with Crippen LogP contribution in [0.15, 0.2) is 18.2 Å².